The summed E-state index contributed by atoms with van der Waals surface area (Å²) in [4.78, 5) is 20.1. The molecule has 2 aromatic heterocycles. The van der Waals surface area contributed by atoms with Crippen molar-refractivity contribution in [1.29, 1.82) is 0 Å². The van der Waals surface area contributed by atoms with Gasteiger partial charge in [0.15, 0.2) is 11.9 Å². The maximum Gasteiger partial charge on any atom is 0.407 e. The molecule has 3 N–H and O–H groups in total. The molecule has 2 aromatic rings. The number of hydrogen-bond donors (Lipinski definition) is 2. The van der Waals surface area contributed by atoms with Gasteiger partial charge in [-0.3, -0.25) is 0 Å². The van der Waals surface area contributed by atoms with Crippen molar-refractivity contribution >= 4 is 22.9 Å². The first-order chi connectivity index (χ1) is 14.6. The molecule has 3 rings (SSSR count). The van der Waals surface area contributed by atoms with Crippen molar-refractivity contribution in [3.8, 4) is 0 Å². The van der Waals surface area contributed by atoms with E-state index in [1.165, 1.54) is 6.33 Å². The highest BCUT2D eigenvalue weighted by molar-refractivity contribution is 5.88. The van der Waals surface area contributed by atoms with Crippen LogP contribution in [-0.2, 0) is 25.4 Å². The van der Waals surface area contributed by atoms with Gasteiger partial charge in [-0.1, -0.05) is 6.92 Å². The van der Waals surface area contributed by atoms with Crippen LogP contribution in [0.3, 0.4) is 0 Å². The number of aryl methyl sites for hydroxylation is 1. The molecular formula is C19H30N6O5. The van der Waals surface area contributed by atoms with Gasteiger partial charge in [-0.15, -0.1) is 0 Å². The number of nitrogens with two attached hydrogens (primary N) is 1. The molecule has 3 unspecified atom stereocenters. The number of aromatic nitrogens is 4. The molecule has 0 saturated carbocycles. The van der Waals surface area contributed by atoms with Crippen molar-refractivity contribution in [2.75, 3.05) is 39.7 Å². The van der Waals surface area contributed by atoms with Crippen molar-refractivity contribution in [3.05, 3.63) is 12.0 Å². The molecule has 30 heavy (non-hydrogen) atoms. The normalized spacial score (nSPS) is 21.2. The van der Waals surface area contributed by atoms with Crippen molar-refractivity contribution in [2.45, 2.75) is 51.0 Å². The van der Waals surface area contributed by atoms with Gasteiger partial charge in [0.05, 0.1) is 30.4 Å². The number of ether oxygens (including phenoxy) is 4. The molecule has 0 aromatic carbocycles. The highest BCUT2D eigenvalue weighted by atomic mass is 16.6. The number of nitrogens with one attached hydrogen (secondary N) is 1. The molecule has 1 fully saturated rings. The van der Waals surface area contributed by atoms with E-state index in [1.807, 2.05) is 6.92 Å². The van der Waals surface area contributed by atoms with Crippen LogP contribution in [0.1, 0.15) is 38.1 Å². The van der Waals surface area contributed by atoms with Gasteiger partial charge in [-0.2, -0.15) is 5.10 Å². The predicted octanol–water partition coefficient (Wildman–Crippen LogP) is 1.43. The summed E-state index contributed by atoms with van der Waals surface area (Å²) in [6, 6.07) is 0. The molecule has 1 saturated heterocycles. The van der Waals surface area contributed by atoms with Gasteiger partial charge in [0.1, 0.15) is 18.2 Å². The third-order valence-electron chi connectivity index (χ3n) is 4.97. The largest absolute Gasteiger partial charge is 0.450 e. The Kier molecular flexibility index (Phi) is 7.77. The second kappa shape index (κ2) is 10.5. The topological polar surface area (TPSA) is 136 Å². The van der Waals surface area contributed by atoms with Crippen molar-refractivity contribution in [1.82, 2.24) is 25.1 Å². The minimum absolute atomic E-state index is 0.102. The highest BCUT2D eigenvalue weighted by Crippen LogP contribution is 2.34. The van der Waals surface area contributed by atoms with Crippen LogP contribution >= 0.6 is 0 Å². The summed E-state index contributed by atoms with van der Waals surface area (Å²) >= 11 is 0. The number of methoxy groups -OCH3 is 2. The summed E-state index contributed by atoms with van der Waals surface area (Å²) in [5.74, 6) is 0.367. The fourth-order valence-corrected chi connectivity index (χ4v) is 3.55. The third kappa shape index (κ3) is 4.97. The fraction of sp³-hybridized carbons (Fsp3) is 0.684. The Morgan fingerprint density at radius 2 is 2.23 bits per heavy atom. The van der Waals surface area contributed by atoms with Crippen LogP contribution in [0.25, 0.3) is 11.0 Å². The molecule has 1 aliphatic rings. The van der Waals surface area contributed by atoms with Crippen LogP contribution in [0.5, 0.6) is 0 Å². The summed E-state index contributed by atoms with van der Waals surface area (Å²) in [6.45, 7) is 3.24. The van der Waals surface area contributed by atoms with Crippen LogP contribution in [0.15, 0.2) is 6.33 Å². The van der Waals surface area contributed by atoms with Crippen molar-refractivity contribution in [2.24, 2.45) is 0 Å². The van der Waals surface area contributed by atoms with E-state index in [0.717, 1.165) is 12.1 Å². The first-order valence-electron chi connectivity index (χ1n) is 10.1. The monoisotopic (exact) mass is 422 g/mol. The summed E-state index contributed by atoms with van der Waals surface area (Å²) < 4.78 is 23.7. The van der Waals surface area contributed by atoms with Gasteiger partial charge in [-0.05, 0) is 19.3 Å². The Labute approximate surface area is 175 Å². The molecule has 3 atom stereocenters. The van der Waals surface area contributed by atoms with E-state index in [4.69, 9.17) is 29.8 Å². The number of nitrogens with zero attached hydrogens (tertiary/aromatic N) is 4. The lowest BCUT2D eigenvalue weighted by Gasteiger charge is -2.15. The summed E-state index contributed by atoms with van der Waals surface area (Å²) in [5, 5.41) is 8.17. The van der Waals surface area contributed by atoms with Gasteiger partial charge in [0, 0.05) is 27.2 Å². The van der Waals surface area contributed by atoms with Crippen LogP contribution in [0.4, 0.5) is 10.6 Å². The quantitative estimate of drug-likeness (QED) is 0.545. The average molecular weight is 422 g/mol. The van der Waals surface area contributed by atoms with Gasteiger partial charge in [0.25, 0.3) is 0 Å². The Hall–Kier alpha value is -2.50. The maximum atomic E-state index is 11.6. The lowest BCUT2D eigenvalue weighted by atomic mass is 10.2. The van der Waals surface area contributed by atoms with E-state index in [-0.39, 0.29) is 18.4 Å². The van der Waals surface area contributed by atoms with Crippen LogP contribution in [0, 0.1) is 0 Å². The molecular weight excluding hydrogens is 392 g/mol. The van der Waals surface area contributed by atoms with E-state index in [1.54, 1.807) is 18.9 Å². The van der Waals surface area contributed by atoms with Crippen LogP contribution in [-0.4, -0.2) is 72.0 Å². The molecule has 3 heterocycles. The number of anilines is 1. The Morgan fingerprint density at radius 3 is 2.97 bits per heavy atom. The van der Waals surface area contributed by atoms with E-state index >= 15 is 0 Å². The number of rotatable bonds is 10. The molecule has 11 nitrogen and oxygen atoms in total. The van der Waals surface area contributed by atoms with E-state index < -0.39 is 6.09 Å². The third-order valence-corrected chi connectivity index (χ3v) is 4.97. The van der Waals surface area contributed by atoms with Gasteiger partial charge >= 0.3 is 6.09 Å². The zero-order chi connectivity index (χ0) is 21.5. The molecule has 166 valence electrons. The summed E-state index contributed by atoms with van der Waals surface area (Å²) in [5.41, 5.74) is 7.51. The number of amides is 1. The zero-order valence-electron chi connectivity index (χ0n) is 17.7. The van der Waals surface area contributed by atoms with Crippen LogP contribution < -0.4 is 11.1 Å². The number of fused-ring (bicyclic) bond motifs is 1. The minimum atomic E-state index is -0.413. The summed E-state index contributed by atoms with van der Waals surface area (Å²) in [6.07, 6.45) is 3.04. The average Bonchev–Trinajstić information content (AvgIpc) is 3.32. The molecule has 0 aliphatic carbocycles. The second-order valence-corrected chi connectivity index (χ2v) is 7.11. The fourth-order valence-electron chi connectivity index (χ4n) is 3.55. The summed E-state index contributed by atoms with van der Waals surface area (Å²) in [7, 11) is 3.29. The first-order valence-corrected chi connectivity index (χ1v) is 10.1. The predicted molar refractivity (Wildman–Crippen MR) is 109 cm³/mol. The van der Waals surface area contributed by atoms with Gasteiger partial charge in [0.2, 0.25) is 0 Å². The first kappa shape index (κ1) is 22.2. The standard InChI is InChI=1S/C19H30N6O5/c1-4-8-29-19(26)21-7-5-6-12-16-17(20)22-11-23-18(16)25(24-12)15-9-13(28-3)14(30-15)10-27-2/h11,13-15H,4-10H2,1-3H3,(H,21,26)(H2,20,22,23). The molecule has 0 bridgehead atoms. The number of carbonyl (C=O) groups is 1. The zero-order valence-corrected chi connectivity index (χ0v) is 17.7. The number of nitrogen functional groups attached to an aromatic ring is 1. The van der Waals surface area contributed by atoms with E-state index in [2.05, 4.69) is 15.3 Å². The molecule has 0 radical (unpaired) electrons. The lowest BCUT2D eigenvalue weighted by Crippen LogP contribution is -2.27. The van der Waals surface area contributed by atoms with Crippen molar-refractivity contribution in [3.63, 3.8) is 0 Å². The Bertz CT molecular complexity index is 844. The van der Waals surface area contributed by atoms with E-state index in [0.29, 0.717) is 55.9 Å². The minimum Gasteiger partial charge on any atom is -0.450 e. The number of alkyl carbamates (subject to hydrolysis) is 1. The van der Waals surface area contributed by atoms with Gasteiger partial charge in [-0.25, -0.2) is 19.4 Å². The SMILES string of the molecule is CCCOC(=O)NCCCc1nn(C2CC(OC)C(COC)O2)c2ncnc(N)c12. The Balaban J connectivity index is 1.73. The van der Waals surface area contributed by atoms with Gasteiger partial charge < -0.3 is 30.0 Å². The maximum absolute atomic E-state index is 11.6. The molecule has 1 amide bonds. The Morgan fingerprint density at radius 1 is 1.40 bits per heavy atom. The number of hydrogen-bond acceptors (Lipinski definition) is 9. The molecule has 1 aliphatic heterocycles. The second-order valence-electron chi connectivity index (χ2n) is 7.11. The van der Waals surface area contributed by atoms with E-state index in [9.17, 15) is 4.79 Å². The number of carbonyl (C=O) groups excluding carboxylic acids is 1. The van der Waals surface area contributed by atoms with Crippen molar-refractivity contribution < 1.29 is 23.7 Å². The molecule has 0 spiro atoms. The lowest BCUT2D eigenvalue weighted by molar-refractivity contribution is -0.0627. The highest BCUT2D eigenvalue weighted by Gasteiger charge is 2.38. The van der Waals surface area contributed by atoms with Crippen LogP contribution in [0.2, 0.25) is 0 Å². The molecule has 11 heteroatoms. The smallest absolute Gasteiger partial charge is 0.407 e.